The highest BCUT2D eigenvalue weighted by atomic mass is 32.2. The lowest BCUT2D eigenvalue weighted by Gasteiger charge is -2.33. The first-order valence-electron chi connectivity index (χ1n) is 8.46. The minimum Gasteiger partial charge on any atom is -0.491 e. The van der Waals surface area contributed by atoms with Gasteiger partial charge in [0.25, 0.3) is 10.2 Å². The molecule has 1 heterocycles. The molecule has 0 radical (unpaired) electrons. The Morgan fingerprint density at radius 1 is 1.36 bits per heavy atom. The zero-order valence-electron chi connectivity index (χ0n) is 15.0. The van der Waals surface area contributed by atoms with E-state index in [2.05, 4.69) is 5.32 Å². The van der Waals surface area contributed by atoms with Crippen molar-refractivity contribution in [2.45, 2.75) is 25.8 Å². The van der Waals surface area contributed by atoms with Gasteiger partial charge in [-0.1, -0.05) is 18.2 Å². The van der Waals surface area contributed by atoms with E-state index in [1.807, 2.05) is 37.3 Å². The van der Waals surface area contributed by atoms with Crippen molar-refractivity contribution in [1.29, 1.82) is 0 Å². The molecule has 1 aliphatic heterocycles. The quantitative estimate of drug-likeness (QED) is 0.780. The summed E-state index contributed by atoms with van der Waals surface area (Å²) in [6.45, 7) is 2.91. The highest BCUT2D eigenvalue weighted by Crippen LogP contribution is 2.20. The molecule has 1 saturated heterocycles. The van der Waals surface area contributed by atoms with Crippen LogP contribution in [0.3, 0.4) is 0 Å². The van der Waals surface area contributed by atoms with Crippen molar-refractivity contribution in [1.82, 2.24) is 13.9 Å². The number of para-hydroxylation sites is 1. The largest absolute Gasteiger partial charge is 0.491 e. The van der Waals surface area contributed by atoms with Gasteiger partial charge >= 0.3 is 0 Å². The van der Waals surface area contributed by atoms with E-state index in [4.69, 9.17) is 4.74 Å². The van der Waals surface area contributed by atoms with Gasteiger partial charge < -0.3 is 10.1 Å². The van der Waals surface area contributed by atoms with Crippen LogP contribution in [0, 0.1) is 5.92 Å². The second-order valence-electron chi connectivity index (χ2n) is 6.52. The summed E-state index contributed by atoms with van der Waals surface area (Å²) in [6, 6.07) is 9.25. The Balaban J connectivity index is 1.85. The second kappa shape index (κ2) is 8.64. The van der Waals surface area contributed by atoms with Gasteiger partial charge in [0, 0.05) is 27.2 Å². The normalized spacial score (nSPS) is 20.2. The van der Waals surface area contributed by atoms with Gasteiger partial charge in [-0.25, -0.2) is 0 Å². The molecule has 2 atom stereocenters. The van der Waals surface area contributed by atoms with Gasteiger partial charge in [0.2, 0.25) is 5.91 Å². The van der Waals surface area contributed by atoms with Crippen LogP contribution >= 0.6 is 0 Å². The smallest absolute Gasteiger partial charge is 0.281 e. The molecule has 140 valence electrons. The van der Waals surface area contributed by atoms with Crippen molar-refractivity contribution >= 4 is 16.1 Å². The Kier molecular flexibility index (Phi) is 6.80. The van der Waals surface area contributed by atoms with E-state index in [9.17, 15) is 13.2 Å². The molecule has 1 amide bonds. The molecule has 1 fully saturated rings. The number of ether oxygens (including phenoxy) is 1. The first-order valence-corrected chi connectivity index (χ1v) is 9.86. The molecule has 1 aromatic carbocycles. The number of amides is 1. The van der Waals surface area contributed by atoms with E-state index >= 15 is 0 Å². The van der Waals surface area contributed by atoms with Crippen molar-refractivity contribution < 1.29 is 17.9 Å². The van der Waals surface area contributed by atoms with E-state index < -0.39 is 10.2 Å². The Morgan fingerprint density at radius 2 is 2.04 bits per heavy atom. The average molecular weight is 369 g/mol. The molecule has 2 unspecified atom stereocenters. The molecule has 0 aliphatic carbocycles. The molecular weight excluding hydrogens is 342 g/mol. The fourth-order valence-corrected chi connectivity index (χ4v) is 3.93. The molecule has 0 aromatic heterocycles. The highest BCUT2D eigenvalue weighted by Gasteiger charge is 2.33. The third kappa shape index (κ3) is 5.42. The third-order valence-electron chi connectivity index (χ3n) is 4.17. The molecule has 1 N–H and O–H groups in total. The number of hydrogen-bond donors (Lipinski definition) is 1. The molecule has 1 aromatic rings. The number of carbonyl (C=O) groups excluding carboxylic acids is 1. The van der Waals surface area contributed by atoms with Crippen LogP contribution in [0.5, 0.6) is 5.75 Å². The maximum Gasteiger partial charge on any atom is 0.281 e. The van der Waals surface area contributed by atoms with Gasteiger partial charge in [0.15, 0.2) is 0 Å². The van der Waals surface area contributed by atoms with E-state index in [1.54, 1.807) is 0 Å². The fourth-order valence-electron chi connectivity index (χ4n) is 2.74. The number of rotatable bonds is 7. The van der Waals surface area contributed by atoms with Crippen LogP contribution in [0.1, 0.15) is 19.8 Å². The summed E-state index contributed by atoms with van der Waals surface area (Å²) in [7, 11) is -0.475. The number of piperidine rings is 1. The van der Waals surface area contributed by atoms with E-state index in [1.165, 1.54) is 22.7 Å². The summed E-state index contributed by atoms with van der Waals surface area (Å²) < 4.78 is 32.7. The van der Waals surface area contributed by atoms with E-state index in [0.29, 0.717) is 26.0 Å². The first-order chi connectivity index (χ1) is 11.8. The van der Waals surface area contributed by atoms with Gasteiger partial charge in [0.1, 0.15) is 12.4 Å². The van der Waals surface area contributed by atoms with Crippen molar-refractivity contribution in [3.8, 4) is 5.75 Å². The van der Waals surface area contributed by atoms with Crippen LogP contribution in [0.25, 0.3) is 0 Å². The van der Waals surface area contributed by atoms with Crippen LogP contribution in [0.4, 0.5) is 0 Å². The zero-order chi connectivity index (χ0) is 18.4. The average Bonchev–Trinajstić information content (AvgIpc) is 2.60. The highest BCUT2D eigenvalue weighted by molar-refractivity contribution is 7.86. The topological polar surface area (TPSA) is 79.0 Å². The molecule has 25 heavy (non-hydrogen) atoms. The predicted molar refractivity (Wildman–Crippen MR) is 96.4 cm³/mol. The molecule has 2 rings (SSSR count). The number of benzene rings is 1. The molecule has 0 saturated carbocycles. The summed E-state index contributed by atoms with van der Waals surface area (Å²) in [5, 5.41) is 2.92. The minimum absolute atomic E-state index is 0.122. The summed E-state index contributed by atoms with van der Waals surface area (Å²) in [5.41, 5.74) is 0. The van der Waals surface area contributed by atoms with Crippen LogP contribution in [-0.4, -0.2) is 62.8 Å². The lowest BCUT2D eigenvalue weighted by molar-refractivity contribution is -0.126. The van der Waals surface area contributed by atoms with Gasteiger partial charge in [0.05, 0.1) is 12.0 Å². The minimum atomic E-state index is -3.48. The van der Waals surface area contributed by atoms with Crippen molar-refractivity contribution in [2.24, 2.45) is 5.92 Å². The lowest BCUT2D eigenvalue weighted by atomic mass is 9.98. The van der Waals surface area contributed by atoms with Crippen molar-refractivity contribution in [2.75, 3.05) is 33.8 Å². The first kappa shape index (κ1) is 19.7. The standard InChI is InChI=1S/C17H27N3O4S/c1-14(13-24-16-9-5-4-6-10-16)18-17(21)15-8-7-11-20(12-15)25(22,23)19(2)3/h4-6,9-10,14-15H,7-8,11-13H2,1-3H3,(H,18,21). The zero-order valence-corrected chi connectivity index (χ0v) is 15.8. The van der Waals surface area contributed by atoms with Crippen molar-refractivity contribution in [3.05, 3.63) is 30.3 Å². The third-order valence-corrected chi connectivity index (χ3v) is 6.08. The molecule has 1 aliphatic rings. The number of hydrogen-bond acceptors (Lipinski definition) is 4. The van der Waals surface area contributed by atoms with Gasteiger partial charge in [-0.3, -0.25) is 4.79 Å². The Labute approximate surface area is 150 Å². The summed E-state index contributed by atoms with van der Waals surface area (Å²) in [5.74, 6) is 0.301. The van der Waals surface area contributed by atoms with Crippen LogP contribution in [-0.2, 0) is 15.0 Å². The SMILES string of the molecule is CC(COc1ccccc1)NC(=O)C1CCCN(S(=O)(=O)N(C)C)C1. The van der Waals surface area contributed by atoms with Gasteiger partial charge in [-0.05, 0) is 31.9 Å². The summed E-state index contributed by atoms with van der Waals surface area (Å²) >= 11 is 0. The Morgan fingerprint density at radius 3 is 2.68 bits per heavy atom. The summed E-state index contributed by atoms with van der Waals surface area (Å²) in [4.78, 5) is 12.5. The fraction of sp³-hybridized carbons (Fsp3) is 0.588. The van der Waals surface area contributed by atoms with Crippen LogP contribution in [0.2, 0.25) is 0 Å². The number of carbonyl (C=O) groups is 1. The molecule has 0 spiro atoms. The Hall–Kier alpha value is -1.64. The molecule has 7 nitrogen and oxygen atoms in total. The lowest BCUT2D eigenvalue weighted by Crippen LogP contribution is -2.50. The number of nitrogens with zero attached hydrogens (tertiary/aromatic N) is 2. The molecule has 8 heteroatoms. The van der Waals surface area contributed by atoms with Crippen LogP contribution in [0.15, 0.2) is 30.3 Å². The van der Waals surface area contributed by atoms with E-state index in [-0.39, 0.29) is 24.4 Å². The maximum absolute atomic E-state index is 12.5. The predicted octanol–water partition coefficient (Wildman–Crippen LogP) is 1.09. The van der Waals surface area contributed by atoms with Crippen LogP contribution < -0.4 is 10.1 Å². The summed E-state index contributed by atoms with van der Waals surface area (Å²) in [6.07, 6.45) is 1.37. The van der Waals surface area contributed by atoms with Gasteiger partial charge in [-0.15, -0.1) is 0 Å². The number of nitrogens with one attached hydrogen (secondary N) is 1. The van der Waals surface area contributed by atoms with E-state index in [0.717, 1.165) is 5.75 Å². The van der Waals surface area contributed by atoms with Gasteiger partial charge in [-0.2, -0.15) is 17.0 Å². The monoisotopic (exact) mass is 369 g/mol. The molecule has 0 bridgehead atoms. The maximum atomic E-state index is 12.5. The second-order valence-corrected chi connectivity index (χ2v) is 8.66. The van der Waals surface area contributed by atoms with Crippen molar-refractivity contribution in [3.63, 3.8) is 0 Å². The Bertz CT molecular complexity index is 664. The molecular formula is C17H27N3O4S.